The molecule has 1 saturated heterocycles. The van der Waals surface area contributed by atoms with Crippen molar-refractivity contribution in [2.75, 3.05) is 6.61 Å². The largest absolute Gasteiger partial charge is 0.458 e. The molecule has 4 saturated carbocycles. The van der Waals surface area contributed by atoms with Gasteiger partial charge >= 0.3 is 5.97 Å². The van der Waals surface area contributed by atoms with Crippen LogP contribution in [-0.2, 0) is 25.5 Å². The summed E-state index contributed by atoms with van der Waals surface area (Å²) in [6.07, 6.45) is 10.2. The fraction of sp³-hybridized carbons (Fsp3) is 0.743. The molecule has 2 aliphatic heterocycles. The van der Waals surface area contributed by atoms with E-state index in [9.17, 15) is 25.2 Å². The lowest BCUT2D eigenvalue weighted by atomic mass is 9.41. The highest BCUT2D eigenvalue weighted by Crippen LogP contribution is 2.70. The lowest BCUT2D eigenvalue weighted by molar-refractivity contribution is -0.282. The van der Waals surface area contributed by atoms with Crippen LogP contribution in [0.2, 0.25) is 0 Å². The first-order chi connectivity index (χ1) is 21.5. The zero-order valence-corrected chi connectivity index (χ0v) is 26.4. The van der Waals surface area contributed by atoms with Crippen molar-refractivity contribution in [2.45, 2.75) is 127 Å². The Morgan fingerprint density at radius 3 is 2.58 bits per heavy atom. The zero-order chi connectivity index (χ0) is 31.6. The van der Waals surface area contributed by atoms with Gasteiger partial charge in [-0.15, -0.1) is 0 Å². The van der Waals surface area contributed by atoms with Crippen molar-refractivity contribution in [3.63, 3.8) is 0 Å². The molecule has 3 heterocycles. The minimum absolute atomic E-state index is 0.0100. The van der Waals surface area contributed by atoms with Crippen molar-refractivity contribution in [2.24, 2.45) is 33.6 Å². The molecule has 0 radical (unpaired) electrons. The molecule has 6 aliphatic rings. The topological polar surface area (TPSA) is 151 Å². The van der Waals surface area contributed by atoms with E-state index in [2.05, 4.69) is 11.9 Å². The van der Waals surface area contributed by atoms with Crippen LogP contribution in [0.4, 0.5) is 0 Å². The summed E-state index contributed by atoms with van der Waals surface area (Å²) in [6.45, 7) is 4.73. The minimum atomic E-state index is -1.09. The van der Waals surface area contributed by atoms with Crippen LogP contribution in [0.5, 0.6) is 0 Å². The van der Waals surface area contributed by atoms with E-state index in [1.165, 1.54) is 0 Å². The monoisotopic (exact) mass is 624 g/mol. The normalized spacial score (nSPS) is 48.0. The van der Waals surface area contributed by atoms with E-state index in [4.69, 9.17) is 19.2 Å². The highest BCUT2D eigenvalue weighted by Gasteiger charge is 2.71. The SMILES string of the molecule is C[C@@H]1O[C@H](O[C@H]2CC[C@]3(C=NCc4ccncc4)[C@H]4CC[C@]5(C)[C@@H](C6=CC(=O)OC6)CC[C@]5(O)[C@@H]4CC[C@]3(O)C2)C[C@H](O)[C@H]1O. The number of hydrogen-bond acceptors (Lipinski definition) is 10. The highest BCUT2D eigenvalue weighted by molar-refractivity contribution is 5.85. The van der Waals surface area contributed by atoms with Crippen molar-refractivity contribution >= 4 is 12.2 Å². The maximum absolute atomic E-state index is 12.7. The van der Waals surface area contributed by atoms with Gasteiger partial charge in [0.2, 0.25) is 0 Å². The van der Waals surface area contributed by atoms with Gasteiger partial charge < -0.3 is 34.6 Å². The van der Waals surface area contributed by atoms with Crippen molar-refractivity contribution in [3.05, 3.63) is 41.7 Å². The smallest absolute Gasteiger partial charge is 0.331 e. The third kappa shape index (κ3) is 5.02. The molecule has 1 aromatic heterocycles. The molecule has 5 fully saturated rings. The minimum Gasteiger partial charge on any atom is -0.458 e. The molecule has 4 aliphatic carbocycles. The molecular formula is C35H48N2O8. The van der Waals surface area contributed by atoms with Crippen molar-refractivity contribution < 1.29 is 39.4 Å². The maximum Gasteiger partial charge on any atom is 0.331 e. The summed E-state index contributed by atoms with van der Waals surface area (Å²) in [5.74, 6) is -0.164. The number of aromatic nitrogens is 1. The molecule has 45 heavy (non-hydrogen) atoms. The number of esters is 1. The summed E-state index contributed by atoms with van der Waals surface area (Å²) >= 11 is 0. The zero-order valence-electron chi connectivity index (χ0n) is 26.4. The van der Waals surface area contributed by atoms with Gasteiger partial charge in [0, 0.05) is 48.4 Å². The molecule has 246 valence electrons. The lowest BCUT2D eigenvalue weighted by Gasteiger charge is -2.66. The molecule has 0 aromatic carbocycles. The Morgan fingerprint density at radius 2 is 1.84 bits per heavy atom. The molecule has 0 amide bonds. The van der Waals surface area contributed by atoms with Crippen LogP contribution in [0.3, 0.4) is 0 Å². The van der Waals surface area contributed by atoms with Crippen LogP contribution >= 0.6 is 0 Å². The van der Waals surface area contributed by atoms with Crippen LogP contribution in [0.25, 0.3) is 0 Å². The van der Waals surface area contributed by atoms with Gasteiger partial charge in [-0.2, -0.15) is 0 Å². The quantitative estimate of drug-likeness (QED) is 0.212. The Balaban J connectivity index is 1.17. The summed E-state index contributed by atoms with van der Waals surface area (Å²) in [5.41, 5.74) is -0.971. The van der Waals surface area contributed by atoms with Gasteiger partial charge in [0.1, 0.15) is 12.7 Å². The van der Waals surface area contributed by atoms with Gasteiger partial charge in [-0.3, -0.25) is 9.98 Å². The van der Waals surface area contributed by atoms with Crippen molar-refractivity contribution in [1.82, 2.24) is 4.98 Å². The summed E-state index contributed by atoms with van der Waals surface area (Å²) in [4.78, 5) is 21.1. The first-order valence-corrected chi connectivity index (χ1v) is 16.9. The number of ether oxygens (including phenoxy) is 3. The van der Waals surface area contributed by atoms with Gasteiger partial charge in [0.15, 0.2) is 6.29 Å². The molecule has 10 heteroatoms. The van der Waals surface area contributed by atoms with Crippen LogP contribution in [-0.4, -0.2) is 86.1 Å². The molecule has 10 nitrogen and oxygen atoms in total. The van der Waals surface area contributed by atoms with Gasteiger partial charge in [-0.1, -0.05) is 6.92 Å². The molecule has 0 spiro atoms. The highest BCUT2D eigenvalue weighted by atomic mass is 16.7. The second-order valence-corrected chi connectivity index (χ2v) is 15.0. The number of hydrogen-bond donors (Lipinski definition) is 4. The average Bonchev–Trinajstić information content (AvgIpc) is 3.56. The average molecular weight is 625 g/mol. The van der Waals surface area contributed by atoms with Gasteiger partial charge in [-0.25, -0.2) is 4.79 Å². The Hall–Kier alpha value is -2.21. The summed E-state index contributed by atoms with van der Waals surface area (Å²) in [7, 11) is 0. The Kier molecular flexibility index (Phi) is 8.02. The van der Waals surface area contributed by atoms with Crippen LogP contribution in [0.15, 0.2) is 41.2 Å². The molecule has 4 N–H and O–H groups in total. The van der Waals surface area contributed by atoms with E-state index in [1.807, 2.05) is 18.3 Å². The molecule has 0 bridgehead atoms. The van der Waals surface area contributed by atoms with E-state index in [-0.39, 0.29) is 41.7 Å². The predicted octanol–water partition coefficient (Wildman–Crippen LogP) is 3.25. The van der Waals surface area contributed by atoms with E-state index >= 15 is 0 Å². The van der Waals surface area contributed by atoms with E-state index in [0.29, 0.717) is 51.7 Å². The number of fused-ring (bicyclic) bond motifs is 5. The van der Waals surface area contributed by atoms with Gasteiger partial charge in [-0.05, 0) is 99.3 Å². The lowest BCUT2D eigenvalue weighted by Crippen LogP contribution is -2.69. The molecule has 0 unspecified atom stereocenters. The third-order valence-electron chi connectivity index (χ3n) is 13.0. The van der Waals surface area contributed by atoms with Gasteiger partial charge in [0.05, 0.1) is 36.1 Å². The van der Waals surface area contributed by atoms with E-state index < -0.39 is 41.2 Å². The fourth-order valence-corrected chi connectivity index (χ4v) is 10.6. The number of carbonyl (C=O) groups is 1. The first kappa shape index (κ1) is 31.4. The second kappa shape index (κ2) is 11.5. The number of pyridine rings is 1. The Morgan fingerprint density at radius 1 is 1.07 bits per heavy atom. The number of carbonyl (C=O) groups excluding carboxylic acids is 1. The predicted molar refractivity (Wildman–Crippen MR) is 164 cm³/mol. The summed E-state index contributed by atoms with van der Waals surface area (Å²) in [6, 6.07) is 3.90. The van der Waals surface area contributed by atoms with Crippen molar-refractivity contribution in [3.8, 4) is 0 Å². The van der Waals surface area contributed by atoms with Crippen LogP contribution in [0.1, 0.15) is 83.6 Å². The number of aliphatic hydroxyl groups is 4. The molecule has 7 rings (SSSR count). The molecule has 1 aromatic rings. The number of nitrogens with zero attached hydrogens (tertiary/aromatic N) is 2. The number of aliphatic hydroxyl groups excluding tert-OH is 2. The second-order valence-electron chi connectivity index (χ2n) is 15.0. The summed E-state index contributed by atoms with van der Waals surface area (Å²) in [5, 5.41) is 45.9. The van der Waals surface area contributed by atoms with Gasteiger partial charge in [0.25, 0.3) is 0 Å². The van der Waals surface area contributed by atoms with E-state index in [1.54, 1.807) is 25.4 Å². The van der Waals surface area contributed by atoms with Crippen LogP contribution < -0.4 is 0 Å². The number of cyclic esters (lactones) is 1. The van der Waals surface area contributed by atoms with E-state index in [0.717, 1.165) is 30.4 Å². The molecular weight excluding hydrogens is 576 g/mol. The molecule has 12 atom stereocenters. The number of aliphatic imine (C=N–C) groups is 1. The third-order valence-corrected chi connectivity index (χ3v) is 13.0. The first-order valence-electron chi connectivity index (χ1n) is 16.9. The maximum atomic E-state index is 12.7. The summed E-state index contributed by atoms with van der Waals surface area (Å²) < 4.78 is 17.5. The Labute approximate surface area is 264 Å². The fourth-order valence-electron chi connectivity index (χ4n) is 10.6. The standard InChI is InChI=1S/C35H48N2O8/c1-21-31(40)28(38)16-30(44-21)45-24-3-10-33(20-37-18-22-7-13-36-14-8-22)26-4-9-32(2)25(23-15-29(39)43-19-23)6-12-35(32,42)27(26)5-11-34(33,41)17-24/h7-8,13-15,20-21,24-28,30-31,38,40-42H,3-6,9-12,16-19H2,1-2H3/t21-,24-,25+,26-,27+,28-,30+,31-,32+,33-,34-,35-/m0/s1. The Bertz CT molecular complexity index is 1330. The van der Waals surface area contributed by atoms with Crippen LogP contribution in [0, 0.1) is 28.6 Å². The van der Waals surface area contributed by atoms with Crippen molar-refractivity contribution in [1.29, 1.82) is 0 Å². The number of rotatable bonds is 6.